The Morgan fingerprint density at radius 3 is 1.89 bits per heavy atom. The van der Waals surface area contributed by atoms with Crippen molar-refractivity contribution in [2.24, 2.45) is 5.73 Å². The predicted molar refractivity (Wildman–Crippen MR) is 86.2 cm³/mol. The maximum atomic E-state index is 5.53. The van der Waals surface area contributed by atoms with Gasteiger partial charge in [0.15, 0.2) is 0 Å². The third-order valence-corrected chi connectivity index (χ3v) is 2.67. The maximum absolute atomic E-state index is 5.53. The van der Waals surface area contributed by atoms with Gasteiger partial charge < -0.3 is 5.73 Å². The fourth-order valence-corrected chi connectivity index (χ4v) is 1.42. The van der Waals surface area contributed by atoms with E-state index in [0.29, 0.717) is 4.49 Å². The number of rotatable bonds is 6. The summed E-state index contributed by atoms with van der Waals surface area (Å²) < 4.78 is 0.368. The molecule has 0 bridgehead atoms. The zero-order valence-corrected chi connectivity index (χ0v) is 13.6. The summed E-state index contributed by atoms with van der Waals surface area (Å²) in [6.45, 7) is 9.05. The van der Waals surface area contributed by atoms with Gasteiger partial charge in [-0.3, -0.25) is 0 Å². The fourth-order valence-electron chi connectivity index (χ4n) is 1.20. The molecule has 0 rings (SSSR count). The summed E-state index contributed by atoms with van der Waals surface area (Å²) in [6, 6.07) is 0. The van der Waals surface area contributed by atoms with Crippen LogP contribution in [0.25, 0.3) is 0 Å². The molecule has 0 amide bonds. The molecule has 0 radical (unpaired) electrons. The Hall–Kier alpha value is -0.240. The molecule has 0 unspecified atom stereocenters. The van der Waals surface area contributed by atoms with Gasteiger partial charge in [0.2, 0.25) is 0 Å². The molecule has 106 valence electrons. The van der Waals surface area contributed by atoms with Crippen LogP contribution in [-0.4, -0.2) is 6.54 Å². The van der Waals surface area contributed by atoms with Gasteiger partial charge in [0.25, 0.3) is 0 Å². The molecule has 3 heteroatoms. The van der Waals surface area contributed by atoms with Crippen LogP contribution in [0.2, 0.25) is 0 Å². The van der Waals surface area contributed by atoms with Gasteiger partial charge in [0.05, 0.1) is 0 Å². The third-order valence-electron chi connectivity index (χ3n) is 2.36. The summed E-state index contributed by atoms with van der Waals surface area (Å²) in [6.07, 6.45) is 10.5. The van der Waals surface area contributed by atoms with Crippen molar-refractivity contribution in [2.75, 3.05) is 6.54 Å². The van der Waals surface area contributed by atoms with Crippen LogP contribution in [0.15, 0.2) is 33.9 Å². The second-order valence-electron chi connectivity index (χ2n) is 4.16. The molecule has 2 N–H and O–H groups in total. The van der Waals surface area contributed by atoms with Crippen LogP contribution in [0.3, 0.4) is 0 Å². The van der Waals surface area contributed by atoms with Crippen LogP contribution in [0.1, 0.15) is 53.4 Å². The average Bonchev–Trinajstić information content (AvgIpc) is 2.29. The monoisotopic (exact) mass is 291 g/mol. The number of allylic oxidation sites excluding steroid dienone is 5. The largest absolute Gasteiger partial charge is 0.331 e. The molecule has 0 aliphatic heterocycles. The number of halogens is 2. The summed E-state index contributed by atoms with van der Waals surface area (Å²) in [5.74, 6) is 0. The van der Waals surface area contributed by atoms with Crippen LogP contribution in [0.5, 0.6) is 0 Å². The molecule has 0 heterocycles. The molecule has 0 aliphatic carbocycles. The molecule has 1 nitrogen and oxygen atoms in total. The van der Waals surface area contributed by atoms with Crippen molar-refractivity contribution in [3.63, 3.8) is 0 Å². The second-order valence-corrected chi connectivity index (χ2v) is 5.17. The molecule has 0 saturated heterocycles. The minimum absolute atomic E-state index is 0.368. The summed E-state index contributed by atoms with van der Waals surface area (Å²) in [4.78, 5) is 0. The lowest BCUT2D eigenvalue weighted by Crippen LogP contribution is -1.87. The summed E-state index contributed by atoms with van der Waals surface area (Å²) in [5, 5.41) is 0. The summed E-state index contributed by atoms with van der Waals surface area (Å²) >= 11 is 11.1. The standard InChI is InChI=1S/C13H20Cl2.C2H7N/c1-4-11(2)7-5-8-12(3)9-6-10-13(14)15;1-2-3/h4,8,10H,5-7,9H2,1-3H3;2-3H2,1H3. The Labute approximate surface area is 123 Å². The van der Waals surface area contributed by atoms with Gasteiger partial charge in [-0.25, -0.2) is 0 Å². The molecule has 18 heavy (non-hydrogen) atoms. The Bertz CT molecular complexity index is 274. The highest BCUT2D eigenvalue weighted by Gasteiger charge is 1.91. The van der Waals surface area contributed by atoms with Crippen molar-refractivity contribution >= 4 is 23.2 Å². The van der Waals surface area contributed by atoms with Crippen LogP contribution in [0.4, 0.5) is 0 Å². The average molecular weight is 292 g/mol. The summed E-state index contributed by atoms with van der Waals surface area (Å²) in [5.41, 5.74) is 7.70. The molecular weight excluding hydrogens is 265 g/mol. The van der Waals surface area contributed by atoms with Gasteiger partial charge in [0.1, 0.15) is 4.49 Å². The van der Waals surface area contributed by atoms with Crippen molar-refractivity contribution in [3.05, 3.63) is 33.9 Å². The van der Waals surface area contributed by atoms with Gasteiger partial charge in [0, 0.05) is 0 Å². The highest BCUT2D eigenvalue weighted by molar-refractivity contribution is 6.55. The quantitative estimate of drug-likeness (QED) is 0.620. The lowest BCUT2D eigenvalue weighted by molar-refractivity contribution is 0.921. The minimum atomic E-state index is 0.368. The van der Waals surface area contributed by atoms with E-state index in [4.69, 9.17) is 28.9 Å². The molecule has 0 fully saturated rings. The van der Waals surface area contributed by atoms with E-state index >= 15 is 0 Å². The van der Waals surface area contributed by atoms with E-state index in [2.05, 4.69) is 32.9 Å². The first-order chi connectivity index (χ1) is 8.47. The van der Waals surface area contributed by atoms with E-state index in [9.17, 15) is 0 Å². The minimum Gasteiger partial charge on any atom is -0.331 e. The molecule has 0 aromatic rings. The van der Waals surface area contributed by atoms with Crippen LogP contribution in [-0.2, 0) is 0 Å². The highest BCUT2D eigenvalue weighted by atomic mass is 35.5. The Morgan fingerprint density at radius 1 is 1.00 bits per heavy atom. The SMILES string of the molecule is CC=C(C)CCC=C(C)CCC=C(Cl)Cl.CCN. The van der Waals surface area contributed by atoms with Crippen molar-refractivity contribution in [1.82, 2.24) is 0 Å². The van der Waals surface area contributed by atoms with E-state index in [0.717, 1.165) is 32.2 Å². The van der Waals surface area contributed by atoms with Crippen molar-refractivity contribution < 1.29 is 0 Å². The van der Waals surface area contributed by atoms with Gasteiger partial charge >= 0.3 is 0 Å². The first kappa shape index (κ1) is 20.1. The molecule has 0 atom stereocenters. The highest BCUT2D eigenvalue weighted by Crippen LogP contribution is 2.13. The van der Waals surface area contributed by atoms with Gasteiger partial charge in [-0.2, -0.15) is 0 Å². The van der Waals surface area contributed by atoms with E-state index in [1.807, 2.05) is 13.0 Å². The Kier molecular flexibility index (Phi) is 16.5. The number of nitrogens with two attached hydrogens (primary N) is 1. The fraction of sp³-hybridized carbons (Fsp3) is 0.600. The van der Waals surface area contributed by atoms with Crippen LogP contribution in [0, 0.1) is 0 Å². The van der Waals surface area contributed by atoms with E-state index in [1.54, 1.807) is 0 Å². The molecule has 0 saturated carbocycles. The lowest BCUT2D eigenvalue weighted by Gasteiger charge is -1.99. The van der Waals surface area contributed by atoms with Gasteiger partial charge in [-0.15, -0.1) is 0 Å². The molecule has 0 spiro atoms. The Balaban J connectivity index is 0. The second kappa shape index (κ2) is 14.8. The van der Waals surface area contributed by atoms with Crippen molar-refractivity contribution in [1.29, 1.82) is 0 Å². The Morgan fingerprint density at radius 2 is 1.44 bits per heavy atom. The zero-order chi connectivity index (χ0) is 14.4. The number of hydrogen-bond acceptors (Lipinski definition) is 1. The summed E-state index contributed by atoms with van der Waals surface area (Å²) in [7, 11) is 0. The van der Waals surface area contributed by atoms with Gasteiger partial charge in [-0.05, 0) is 53.0 Å². The molecule has 0 aromatic carbocycles. The van der Waals surface area contributed by atoms with Crippen LogP contribution >= 0.6 is 23.2 Å². The van der Waals surface area contributed by atoms with Crippen molar-refractivity contribution in [3.8, 4) is 0 Å². The first-order valence-electron chi connectivity index (χ1n) is 6.46. The molecule has 0 aliphatic rings. The van der Waals surface area contributed by atoms with E-state index in [-0.39, 0.29) is 0 Å². The lowest BCUT2D eigenvalue weighted by atomic mass is 10.1. The van der Waals surface area contributed by atoms with E-state index in [1.165, 1.54) is 11.1 Å². The topological polar surface area (TPSA) is 26.0 Å². The molecule has 0 aromatic heterocycles. The first-order valence-corrected chi connectivity index (χ1v) is 7.22. The number of hydrogen-bond donors (Lipinski definition) is 1. The third kappa shape index (κ3) is 18.1. The maximum Gasteiger partial charge on any atom is 0.102 e. The zero-order valence-electron chi connectivity index (χ0n) is 12.1. The van der Waals surface area contributed by atoms with Gasteiger partial charge in [-0.1, -0.05) is 59.5 Å². The van der Waals surface area contributed by atoms with Crippen molar-refractivity contribution in [2.45, 2.75) is 53.4 Å². The predicted octanol–water partition coefficient (Wildman–Crippen LogP) is 5.74. The van der Waals surface area contributed by atoms with Crippen LogP contribution < -0.4 is 5.73 Å². The molecular formula is C15H27Cl2N. The van der Waals surface area contributed by atoms with E-state index < -0.39 is 0 Å². The normalized spacial score (nSPS) is 11.7. The smallest absolute Gasteiger partial charge is 0.102 e.